The third-order valence-electron chi connectivity index (χ3n) is 5.61. The molecule has 2 N–H and O–H groups in total. The van der Waals surface area contributed by atoms with E-state index in [1.165, 1.54) is 25.3 Å². The van der Waals surface area contributed by atoms with Crippen LogP contribution in [0.1, 0.15) is 32.6 Å². The van der Waals surface area contributed by atoms with Crippen LogP contribution in [0.4, 0.5) is 18.9 Å². The number of nitrogens with one attached hydrogen (secondary N) is 1. The summed E-state index contributed by atoms with van der Waals surface area (Å²) in [5.74, 6) is -0.767. The van der Waals surface area contributed by atoms with E-state index in [4.69, 9.17) is 4.74 Å². The van der Waals surface area contributed by atoms with E-state index in [0.717, 1.165) is 6.07 Å². The van der Waals surface area contributed by atoms with E-state index < -0.39 is 17.7 Å². The van der Waals surface area contributed by atoms with Gasteiger partial charge in [0.2, 0.25) is 0 Å². The summed E-state index contributed by atoms with van der Waals surface area (Å²) in [6.45, 7) is 0.121. The maximum atomic E-state index is 13.9. The highest BCUT2D eigenvalue weighted by Gasteiger charge is 2.33. The molecular weight excluding hydrogens is 471 g/mol. The van der Waals surface area contributed by atoms with E-state index in [9.17, 15) is 23.1 Å². The number of hydrogen-bond acceptors (Lipinski definition) is 5. The van der Waals surface area contributed by atoms with Gasteiger partial charge in [0.25, 0.3) is 0 Å². The fourth-order valence-corrected chi connectivity index (χ4v) is 4.03. The summed E-state index contributed by atoms with van der Waals surface area (Å²) in [5.41, 5.74) is 1.36. The summed E-state index contributed by atoms with van der Waals surface area (Å²) in [6, 6.07) is 17.5. The number of esters is 1. The molecule has 4 aromatic rings. The summed E-state index contributed by atoms with van der Waals surface area (Å²) in [5, 5.41) is 11.4. The van der Waals surface area contributed by atoms with E-state index >= 15 is 0 Å². The van der Waals surface area contributed by atoms with Crippen LogP contribution in [0.15, 0.2) is 71.7 Å². The number of alkyl halides is 3. The van der Waals surface area contributed by atoms with Gasteiger partial charge >= 0.3 is 12.1 Å². The molecule has 0 amide bonds. The highest BCUT2D eigenvalue weighted by atomic mass is 19.4. The largest absolute Gasteiger partial charge is 0.494 e. The van der Waals surface area contributed by atoms with Crippen LogP contribution in [0.3, 0.4) is 0 Å². The maximum Gasteiger partial charge on any atom is 0.416 e. The second kappa shape index (κ2) is 9.87. The van der Waals surface area contributed by atoms with Crippen LogP contribution in [0, 0.1) is 0 Å². The van der Waals surface area contributed by atoms with Crippen molar-refractivity contribution in [1.82, 2.24) is 9.88 Å². The minimum absolute atomic E-state index is 0.0867. The first-order valence-electron chi connectivity index (χ1n) is 11.0. The Hall–Kier alpha value is -4.11. The predicted molar refractivity (Wildman–Crippen MR) is 132 cm³/mol. The SMILES string of the molecule is COC(=O)c1ccc2c(C(=Nc3ccc(CN(C)C)c(C(F)(F)F)c3)c3ccccc3)c(O)[nH]c2c1. The zero-order valence-electron chi connectivity index (χ0n) is 19.8. The monoisotopic (exact) mass is 495 g/mol. The van der Waals surface area contributed by atoms with Gasteiger partial charge in [0.15, 0.2) is 5.88 Å². The first-order valence-corrected chi connectivity index (χ1v) is 11.0. The molecule has 0 bridgehead atoms. The fourth-order valence-electron chi connectivity index (χ4n) is 4.03. The van der Waals surface area contributed by atoms with Crippen molar-refractivity contribution in [3.63, 3.8) is 0 Å². The van der Waals surface area contributed by atoms with Gasteiger partial charge in [-0.2, -0.15) is 13.2 Å². The molecule has 6 nitrogen and oxygen atoms in total. The molecule has 0 fully saturated rings. The number of aliphatic imine (C=N–C) groups is 1. The lowest BCUT2D eigenvalue weighted by Gasteiger charge is -2.17. The molecule has 0 saturated carbocycles. The van der Waals surface area contributed by atoms with E-state index in [1.54, 1.807) is 61.5 Å². The Morgan fingerprint density at radius 1 is 1.03 bits per heavy atom. The van der Waals surface area contributed by atoms with Crippen molar-refractivity contribution in [2.24, 2.45) is 4.99 Å². The first kappa shape index (κ1) is 25.0. The van der Waals surface area contributed by atoms with Gasteiger partial charge in [-0.1, -0.05) is 42.5 Å². The Morgan fingerprint density at radius 2 is 1.75 bits per heavy atom. The van der Waals surface area contributed by atoms with Gasteiger partial charge in [-0.05, 0) is 43.9 Å². The minimum atomic E-state index is -4.56. The van der Waals surface area contributed by atoms with E-state index in [-0.39, 0.29) is 35.0 Å². The zero-order valence-corrected chi connectivity index (χ0v) is 19.8. The van der Waals surface area contributed by atoms with Gasteiger partial charge in [0, 0.05) is 23.0 Å². The van der Waals surface area contributed by atoms with Crippen LogP contribution in [-0.2, 0) is 17.5 Å². The van der Waals surface area contributed by atoms with Crippen molar-refractivity contribution in [3.8, 4) is 5.88 Å². The van der Waals surface area contributed by atoms with Gasteiger partial charge in [0.05, 0.1) is 35.2 Å². The molecular formula is C27H24F3N3O3. The Bertz CT molecular complexity index is 1440. The van der Waals surface area contributed by atoms with Crippen molar-refractivity contribution in [2.45, 2.75) is 12.7 Å². The van der Waals surface area contributed by atoms with Crippen molar-refractivity contribution in [2.75, 3.05) is 21.2 Å². The molecule has 186 valence electrons. The molecule has 0 spiro atoms. The molecule has 0 aliphatic carbocycles. The highest BCUT2D eigenvalue weighted by molar-refractivity contribution is 6.22. The highest BCUT2D eigenvalue weighted by Crippen LogP contribution is 2.37. The number of carbonyl (C=O) groups excluding carboxylic acids is 1. The number of aromatic hydroxyl groups is 1. The van der Waals surface area contributed by atoms with Crippen LogP contribution in [-0.4, -0.2) is 47.9 Å². The maximum absolute atomic E-state index is 13.9. The number of benzene rings is 3. The fraction of sp³-hybridized carbons (Fsp3) is 0.185. The molecule has 3 aromatic carbocycles. The third-order valence-corrected chi connectivity index (χ3v) is 5.61. The van der Waals surface area contributed by atoms with Gasteiger partial charge in [-0.15, -0.1) is 0 Å². The molecule has 1 aromatic heterocycles. The predicted octanol–water partition coefficient (Wildman–Crippen LogP) is 5.91. The Labute approximate surface area is 205 Å². The molecule has 0 atom stereocenters. The van der Waals surface area contributed by atoms with Crippen molar-refractivity contribution >= 4 is 28.3 Å². The quantitative estimate of drug-likeness (QED) is 0.258. The van der Waals surface area contributed by atoms with Crippen molar-refractivity contribution in [1.29, 1.82) is 0 Å². The Kier molecular flexibility index (Phi) is 6.85. The molecule has 1 heterocycles. The third kappa shape index (κ3) is 5.11. The van der Waals surface area contributed by atoms with E-state index in [2.05, 4.69) is 9.98 Å². The van der Waals surface area contributed by atoms with Crippen LogP contribution in [0.5, 0.6) is 5.88 Å². The van der Waals surface area contributed by atoms with Gasteiger partial charge in [0.1, 0.15) is 0 Å². The number of rotatable bonds is 6. The number of aromatic amines is 1. The number of hydrogen-bond donors (Lipinski definition) is 2. The lowest BCUT2D eigenvalue weighted by molar-refractivity contribution is -0.138. The van der Waals surface area contributed by atoms with Crippen LogP contribution >= 0.6 is 0 Å². The van der Waals surface area contributed by atoms with Crippen LogP contribution < -0.4 is 0 Å². The van der Waals surface area contributed by atoms with Gasteiger partial charge in [-0.3, -0.25) is 0 Å². The number of nitrogens with zero attached hydrogens (tertiary/aromatic N) is 2. The average Bonchev–Trinajstić information content (AvgIpc) is 3.17. The lowest BCUT2D eigenvalue weighted by atomic mass is 9.99. The lowest BCUT2D eigenvalue weighted by Crippen LogP contribution is -2.16. The Balaban J connectivity index is 1.93. The second-order valence-electron chi connectivity index (χ2n) is 8.50. The molecule has 0 unspecified atom stereocenters. The van der Waals surface area contributed by atoms with Crippen molar-refractivity contribution < 1.29 is 27.8 Å². The normalized spacial score (nSPS) is 12.4. The first-order chi connectivity index (χ1) is 17.1. The number of H-pyrrole nitrogens is 1. The number of carbonyl (C=O) groups is 1. The van der Waals surface area contributed by atoms with Crippen LogP contribution in [0.2, 0.25) is 0 Å². The minimum Gasteiger partial charge on any atom is -0.494 e. The summed E-state index contributed by atoms with van der Waals surface area (Å²) >= 11 is 0. The number of aromatic nitrogens is 1. The molecule has 0 aliphatic rings. The smallest absolute Gasteiger partial charge is 0.416 e. The summed E-state index contributed by atoms with van der Waals surface area (Å²) in [4.78, 5) is 21.0. The second-order valence-corrected chi connectivity index (χ2v) is 8.50. The van der Waals surface area contributed by atoms with Crippen LogP contribution in [0.25, 0.3) is 10.9 Å². The standard InChI is InChI=1S/C27H24F3N3O3/c1-33(2)15-18-9-11-19(14-21(18)27(28,29)30)31-24(16-7-5-4-6-8-16)23-20-12-10-17(26(35)36-3)13-22(20)32-25(23)34/h4-14,32,34H,15H2,1-3H3. The molecule has 0 radical (unpaired) electrons. The molecule has 9 heteroatoms. The number of fused-ring (bicyclic) bond motifs is 1. The summed E-state index contributed by atoms with van der Waals surface area (Å²) < 4.78 is 46.4. The number of methoxy groups -OCH3 is 1. The topological polar surface area (TPSA) is 77.9 Å². The Morgan fingerprint density at radius 3 is 2.39 bits per heavy atom. The summed E-state index contributed by atoms with van der Waals surface area (Å²) in [7, 11) is 4.67. The average molecular weight is 496 g/mol. The molecule has 4 rings (SSSR count). The van der Waals surface area contributed by atoms with E-state index in [1.807, 2.05) is 0 Å². The van der Waals surface area contributed by atoms with E-state index in [0.29, 0.717) is 22.0 Å². The molecule has 36 heavy (non-hydrogen) atoms. The van der Waals surface area contributed by atoms with Crippen molar-refractivity contribution in [3.05, 3.63) is 94.5 Å². The number of ether oxygens (including phenoxy) is 1. The van der Waals surface area contributed by atoms with Gasteiger partial charge < -0.3 is 19.7 Å². The molecule has 0 aliphatic heterocycles. The molecule has 0 saturated heterocycles. The van der Waals surface area contributed by atoms with Gasteiger partial charge in [-0.25, -0.2) is 9.79 Å². The number of halogens is 3. The zero-order chi connectivity index (χ0) is 26.0. The summed E-state index contributed by atoms with van der Waals surface area (Å²) in [6.07, 6.45) is -4.56.